The predicted molar refractivity (Wildman–Crippen MR) is 140 cm³/mol. The van der Waals surface area contributed by atoms with Crippen molar-refractivity contribution in [2.75, 3.05) is 33.9 Å². The lowest BCUT2D eigenvalue weighted by Crippen LogP contribution is -2.47. The summed E-state index contributed by atoms with van der Waals surface area (Å²) in [4.78, 5) is 30.0. The highest BCUT2D eigenvalue weighted by Crippen LogP contribution is 2.37. The highest BCUT2D eigenvalue weighted by atomic mass is 19.1. The van der Waals surface area contributed by atoms with E-state index in [1.807, 2.05) is 48.3 Å². The van der Waals surface area contributed by atoms with Gasteiger partial charge in [0.05, 0.1) is 13.7 Å². The Labute approximate surface area is 217 Å². The maximum atomic E-state index is 13.4. The summed E-state index contributed by atoms with van der Waals surface area (Å²) in [6, 6.07) is 22.9. The third kappa shape index (κ3) is 6.88. The van der Waals surface area contributed by atoms with E-state index in [-0.39, 0.29) is 17.6 Å². The predicted octanol–water partition coefficient (Wildman–Crippen LogP) is 5.18. The van der Waals surface area contributed by atoms with Crippen LogP contribution in [0.4, 0.5) is 4.39 Å². The lowest BCUT2D eigenvalue weighted by atomic mass is 9.75. The molecule has 0 aromatic heterocycles. The van der Waals surface area contributed by atoms with Crippen molar-refractivity contribution in [2.45, 2.75) is 25.8 Å². The van der Waals surface area contributed by atoms with Crippen LogP contribution in [0.2, 0.25) is 0 Å². The molecule has 37 heavy (non-hydrogen) atoms. The zero-order valence-electron chi connectivity index (χ0n) is 21.4. The molecule has 0 radical (unpaired) electrons. The number of nitrogens with zero attached hydrogens (tertiary/aromatic N) is 2. The molecule has 194 valence electrons. The molecule has 0 N–H and O–H groups in total. The fourth-order valence-corrected chi connectivity index (χ4v) is 4.66. The Morgan fingerprint density at radius 1 is 0.946 bits per heavy atom. The van der Waals surface area contributed by atoms with Crippen LogP contribution in [0.25, 0.3) is 0 Å². The SMILES string of the molecule is COc1cccc(C(=O)N2CCC(COc3ccc(F)cc3)(CC(=O)N(C)Cc3ccccc3)CC2)c1. The van der Waals surface area contributed by atoms with E-state index in [4.69, 9.17) is 9.47 Å². The fourth-order valence-electron chi connectivity index (χ4n) is 4.66. The number of ether oxygens (including phenoxy) is 2. The molecular formula is C30H33FN2O4. The number of amides is 2. The monoisotopic (exact) mass is 504 g/mol. The first-order chi connectivity index (χ1) is 17.9. The van der Waals surface area contributed by atoms with Crippen molar-refractivity contribution in [1.29, 1.82) is 0 Å². The number of piperidine rings is 1. The van der Waals surface area contributed by atoms with Crippen LogP contribution >= 0.6 is 0 Å². The average molecular weight is 505 g/mol. The molecule has 1 fully saturated rings. The van der Waals surface area contributed by atoms with Gasteiger partial charge < -0.3 is 19.3 Å². The Morgan fingerprint density at radius 3 is 2.32 bits per heavy atom. The number of hydrogen-bond acceptors (Lipinski definition) is 4. The third-order valence-electron chi connectivity index (χ3n) is 7.00. The second kappa shape index (κ2) is 11.9. The minimum absolute atomic E-state index is 0.0270. The van der Waals surface area contributed by atoms with Gasteiger partial charge in [-0.15, -0.1) is 0 Å². The molecule has 0 unspecified atom stereocenters. The Bertz CT molecular complexity index is 1190. The van der Waals surface area contributed by atoms with Crippen LogP contribution in [0, 0.1) is 11.2 Å². The third-order valence-corrected chi connectivity index (χ3v) is 7.00. The second-order valence-electron chi connectivity index (χ2n) is 9.68. The Balaban J connectivity index is 1.45. The molecule has 6 nitrogen and oxygen atoms in total. The van der Waals surface area contributed by atoms with E-state index in [0.717, 1.165) is 5.56 Å². The number of methoxy groups -OCH3 is 1. The summed E-state index contributed by atoms with van der Waals surface area (Å²) in [5.41, 5.74) is 1.20. The molecule has 3 aromatic carbocycles. The van der Waals surface area contributed by atoms with E-state index in [9.17, 15) is 14.0 Å². The molecule has 1 saturated heterocycles. The first-order valence-electron chi connectivity index (χ1n) is 12.5. The van der Waals surface area contributed by atoms with Gasteiger partial charge in [0.15, 0.2) is 0 Å². The zero-order chi connectivity index (χ0) is 26.3. The van der Waals surface area contributed by atoms with Crippen LogP contribution in [-0.4, -0.2) is 55.5 Å². The van der Waals surface area contributed by atoms with E-state index >= 15 is 0 Å². The minimum atomic E-state index is -0.443. The van der Waals surface area contributed by atoms with Crippen molar-refractivity contribution >= 4 is 11.8 Å². The maximum absolute atomic E-state index is 13.4. The summed E-state index contributed by atoms with van der Waals surface area (Å²) in [5.74, 6) is 0.834. The van der Waals surface area contributed by atoms with Crippen LogP contribution in [0.3, 0.4) is 0 Å². The topological polar surface area (TPSA) is 59.1 Å². The van der Waals surface area contributed by atoms with Crippen molar-refractivity contribution in [1.82, 2.24) is 9.80 Å². The number of rotatable bonds is 9. The normalized spacial score (nSPS) is 14.6. The van der Waals surface area contributed by atoms with Gasteiger partial charge in [0.25, 0.3) is 5.91 Å². The lowest BCUT2D eigenvalue weighted by Gasteiger charge is -2.42. The first kappa shape index (κ1) is 26.2. The van der Waals surface area contributed by atoms with Gasteiger partial charge in [-0.05, 0) is 60.9 Å². The van der Waals surface area contributed by atoms with Gasteiger partial charge in [-0.3, -0.25) is 9.59 Å². The van der Waals surface area contributed by atoms with Gasteiger partial charge in [0.2, 0.25) is 5.91 Å². The standard InChI is InChI=1S/C30H33FN2O4/c1-32(21-23-7-4-3-5-8-23)28(34)20-30(22-37-26-13-11-25(31)12-14-26)15-17-33(18-16-30)29(35)24-9-6-10-27(19-24)36-2/h3-14,19H,15-18,20-22H2,1-2H3. The second-order valence-corrected chi connectivity index (χ2v) is 9.68. The number of benzene rings is 3. The van der Waals surface area contributed by atoms with Crippen molar-refractivity contribution < 1.29 is 23.5 Å². The molecule has 0 saturated carbocycles. The van der Waals surface area contributed by atoms with Crippen LogP contribution in [-0.2, 0) is 11.3 Å². The number of likely N-dealkylation sites (tertiary alicyclic amines) is 1. The van der Waals surface area contributed by atoms with Crippen LogP contribution < -0.4 is 9.47 Å². The largest absolute Gasteiger partial charge is 0.497 e. The summed E-state index contributed by atoms with van der Waals surface area (Å²) >= 11 is 0. The molecule has 0 aliphatic carbocycles. The summed E-state index contributed by atoms with van der Waals surface area (Å²) in [5, 5.41) is 0. The molecule has 0 atom stereocenters. The van der Waals surface area contributed by atoms with Crippen molar-refractivity contribution in [3.05, 3.63) is 95.8 Å². The van der Waals surface area contributed by atoms with Crippen LogP contribution in [0.15, 0.2) is 78.9 Å². The minimum Gasteiger partial charge on any atom is -0.497 e. The van der Waals surface area contributed by atoms with E-state index in [1.54, 1.807) is 42.3 Å². The molecule has 1 aliphatic rings. The summed E-state index contributed by atoms with van der Waals surface area (Å²) < 4.78 is 24.7. The molecule has 2 amide bonds. The van der Waals surface area contributed by atoms with Gasteiger partial charge >= 0.3 is 0 Å². The fraction of sp³-hybridized carbons (Fsp3) is 0.333. The van der Waals surface area contributed by atoms with Crippen molar-refractivity contribution in [3.63, 3.8) is 0 Å². The smallest absolute Gasteiger partial charge is 0.253 e. The Morgan fingerprint density at radius 2 is 1.65 bits per heavy atom. The average Bonchev–Trinajstić information content (AvgIpc) is 2.93. The summed E-state index contributed by atoms with van der Waals surface area (Å²) in [6.07, 6.45) is 1.54. The highest BCUT2D eigenvalue weighted by molar-refractivity contribution is 5.94. The molecule has 0 bridgehead atoms. The van der Waals surface area contributed by atoms with Crippen LogP contribution in [0.1, 0.15) is 35.2 Å². The number of hydrogen-bond donors (Lipinski definition) is 0. The van der Waals surface area contributed by atoms with Gasteiger partial charge in [-0.2, -0.15) is 0 Å². The van der Waals surface area contributed by atoms with Crippen LogP contribution in [0.5, 0.6) is 11.5 Å². The molecule has 3 aromatic rings. The highest BCUT2D eigenvalue weighted by Gasteiger charge is 2.39. The van der Waals surface area contributed by atoms with E-state index < -0.39 is 5.41 Å². The van der Waals surface area contributed by atoms with E-state index in [0.29, 0.717) is 62.6 Å². The maximum Gasteiger partial charge on any atom is 0.253 e. The Kier molecular flexibility index (Phi) is 8.43. The Hall–Kier alpha value is -3.87. The molecule has 1 heterocycles. The number of halogens is 1. The molecular weight excluding hydrogens is 471 g/mol. The van der Waals surface area contributed by atoms with Crippen molar-refractivity contribution in [3.8, 4) is 11.5 Å². The van der Waals surface area contributed by atoms with Gasteiger partial charge in [-0.1, -0.05) is 36.4 Å². The number of carbonyl (C=O) groups is 2. The number of carbonyl (C=O) groups excluding carboxylic acids is 2. The lowest BCUT2D eigenvalue weighted by molar-refractivity contribution is -0.134. The molecule has 4 rings (SSSR count). The summed E-state index contributed by atoms with van der Waals surface area (Å²) in [7, 11) is 3.39. The van der Waals surface area contributed by atoms with Gasteiger partial charge in [0.1, 0.15) is 17.3 Å². The molecule has 7 heteroatoms. The zero-order valence-corrected chi connectivity index (χ0v) is 21.4. The van der Waals surface area contributed by atoms with Gasteiger partial charge in [-0.25, -0.2) is 4.39 Å². The van der Waals surface area contributed by atoms with E-state index in [1.165, 1.54) is 12.1 Å². The van der Waals surface area contributed by atoms with Gasteiger partial charge in [0, 0.05) is 44.1 Å². The molecule has 0 spiro atoms. The summed E-state index contributed by atoms with van der Waals surface area (Å²) in [6.45, 7) is 1.86. The molecule has 1 aliphatic heterocycles. The quantitative estimate of drug-likeness (QED) is 0.403. The van der Waals surface area contributed by atoms with E-state index in [2.05, 4.69) is 0 Å². The first-order valence-corrected chi connectivity index (χ1v) is 12.5. The van der Waals surface area contributed by atoms with Crippen molar-refractivity contribution in [2.24, 2.45) is 5.41 Å².